The molecule has 20 heavy (non-hydrogen) atoms. The van der Waals surface area contributed by atoms with Crippen molar-refractivity contribution in [2.24, 2.45) is 17.1 Å². The number of rotatable bonds is 3. The molecule has 1 rings (SSSR count). The molecule has 0 aromatic heterocycles. The predicted octanol–water partition coefficient (Wildman–Crippen LogP) is 1.94. The molecule has 3 amide bonds. The summed E-state index contributed by atoms with van der Waals surface area (Å²) < 4.78 is 4.89. The van der Waals surface area contributed by atoms with Crippen LogP contribution in [-0.2, 0) is 4.74 Å². The number of piperidine rings is 1. The Kier molecular flexibility index (Phi) is 5.65. The van der Waals surface area contributed by atoms with Gasteiger partial charge in [0, 0.05) is 13.1 Å². The number of primary amides is 1. The quantitative estimate of drug-likeness (QED) is 0.831. The first kappa shape index (κ1) is 16.6. The van der Waals surface area contributed by atoms with Gasteiger partial charge in [-0.2, -0.15) is 0 Å². The summed E-state index contributed by atoms with van der Waals surface area (Å²) in [5.74, 6) is 0.336. The number of ether oxygens (including phenoxy) is 1. The molecule has 2 unspecified atom stereocenters. The summed E-state index contributed by atoms with van der Waals surface area (Å²) in [4.78, 5) is 24.5. The fourth-order valence-corrected chi connectivity index (χ4v) is 2.84. The second-order valence-corrected chi connectivity index (χ2v) is 6.67. The summed E-state index contributed by atoms with van der Waals surface area (Å²) >= 11 is 0. The summed E-state index contributed by atoms with van der Waals surface area (Å²) in [5, 5.41) is 2.81. The minimum Gasteiger partial charge on any atom is -0.450 e. The van der Waals surface area contributed by atoms with Crippen molar-refractivity contribution in [2.45, 2.75) is 46.6 Å². The van der Waals surface area contributed by atoms with Gasteiger partial charge < -0.3 is 20.7 Å². The Labute approximate surface area is 121 Å². The Morgan fingerprint density at radius 1 is 1.35 bits per heavy atom. The first-order valence-corrected chi connectivity index (χ1v) is 7.19. The minimum atomic E-state index is -0.432. The Morgan fingerprint density at radius 3 is 2.50 bits per heavy atom. The van der Waals surface area contributed by atoms with E-state index in [2.05, 4.69) is 26.1 Å². The number of hydrogen-bond acceptors (Lipinski definition) is 3. The van der Waals surface area contributed by atoms with Gasteiger partial charge in [0.25, 0.3) is 0 Å². The lowest BCUT2D eigenvalue weighted by Gasteiger charge is -2.39. The third-order valence-electron chi connectivity index (χ3n) is 3.35. The lowest BCUT2D eigenvalue weighted by molar-refractivity contribution is 0.114. The second kappa shape index (κ2) is 6.81. The van der Waals surface area contributed by atoms with Crippen LogP contribution >= 0.6 is 0 Å². The van der Waals surface area contributed by atoms with E-state index in [0.29, 0.717) is 25.6 Å². The van der Waals surface area contributed by atoms with E-state index >= 15 is 0 Å². The molecule has 1 fully saturated rings. The van der Waals surface area contributed by atoms with Crippen LogP contribution in [0.1, 0.15) is 40.5 Å². The largest absolute Gasteiger partial charge is 0.450 e. The van der Waals surface area contributed by atoms with Crippen LogP contribution in [0.25, 0.3) is 0 Å². The molecule has 0 aliphatic carbocycles. The molecule has 0 aromatic carbocycles. The van der Waals surface area contributed by atoms with Crippen LogP contribution in [0.15, 0.2) is 0 Å². The van der Waals surface area contributed by atoms with Gasteiger partial charge >= 0.3 is 12.1 Å². The monoisotopic (exact) mass is 285 g/mol. The SMILES string of the molecule is CCOC(=O)NC1CC(CC(C)(C)C)CN(C(N)=O)C1. The number of nitrogens with zero attached hydrogens (tertiary/aromatic N) is 1. The number of likely N-dealkylation sites (tertiary alicyclic amines) is 1. The molecule has 0 bridgehead atoms. The molecule has 1 saturated heterocycles. The summed E-state index contributed by atoms with van der Waals surface area (Å²) in [6, 6.07) is -0.526. The lowest BCUT2D eigenvalue weighted by Crippen LogP contribution is -2.54. The lowest BCUT2D eigenvalue weighted by atomic mass is 9.80. The summed E-state index contributed by atoms with van der Waals surface area (Å²) in [7, 11) is 0. The highest BCUT2D eigenvalue weighted by atomic mass is 16.5. The smallest absolute Gasteiger partial charge is 0.407 e. The van der Waals surface area contributed by atoms with Gasteiger partial charge in [-0.25, -0.2) is 9.59 Å². The second-order valence-electron chi connectivity index (χ2n) is 6.67. The number of hydrogen-bond donors (Lipinski definition) is 2. The predicted molar refractivity (Wildman–Crippen MR) is 77.3 cm³/mol. The Morgan fingerprint density at radius 2 is 2.00 bits per heavy atom. The molecule has 2 atom stereocenters. The van der Waals surface area contributed by atoms with Gasteiger partial charge in [-0.1, -0.05) is 20.8 Å². The molecule has 0 aromatic rings. The third-order valence-corrected chi connectivity index (χ3v) is 3.35. The van der Waals surface area contributed by atoms with E-state index in [0.717, 1.165) is 12.8 Å². The molecule has 1 heterocycles. The maximum atomic E-state index is 11.5. The van der Waals surface area contributed by atoms with Gasteiger partial charge in [0.2, 0.25) is 0 Å². The van der Waals surface area contributed by atoms with E-state index in [1.807, 2.05) is 0 Å². The van der Waals surface area contributed by atoms with Gasteiger partial charge in [-0.15, -0.1) is 0 Å². The normalized spacial score (nSPS) is 23.3. The van der Waals surface area contributed by atoms with Crippen molar-refractivity contribution in [3.63, 3.8) is 0 Å². The van der Waals surface area contributed by atoms with Crippen LogP contribution < -0.4 is 11.1 Å². The average molecular weight is 285 g/mol. The Hall–Kier alpha value is -1.46. The molecular weight excluding hydrogens is 258 g/mol. The third kappa shape index (κ3) is 5.67. The number of nitrogens with one attached hydrogen (secondary N) is 1. The van der Waals surface area contributed by atoms with Crippen LogP contribution in [0.3, 0.4) is 0 Å². The molecular formula is C14H27N3O3. The van der Waals surface area contributed by atoms with Gasteiger partial charge in [-0.3, -0.25) is 0 Å². The first-order valence-electron chi connectivity index (χ1n) is 7.19. The maximum absolute atomic E-state index is 11.5. The van der Waals surface area contributed by atoms with Gasteiger partial charge in [0.1, 0.15) is 0 Å². The summed E-state index contributed by atoms with van der Waals surface area (Å²) in [5.41, 5.74) is 5.57. The molecule has 1 aliphatic rings. The van der Waals surface area contributed by atoms with Crippen molar-refractivity contribution in [2.75, 3.05) is 19.7 Å². The van der Waals surface area contributed by atoms with Gasteiger partial charge in [-0.05, 0) is 31.1 Å². The highest BCUT2D eigenvalue weighted by Crippen LogP contribution is 2.30. The number of carbonyl (C=O) groups excluding carboxylic acids is 2. The van der Waals surface area contributed by atoms with Gasteiger partial charge in [0.15, 0.2) is 0 Å². The molecule has 6 nitrogen and oxygen atoms in total. The van der Waals surface area contributed by atoms with E-state index in [-0.39, 0.29) is 11.5 Å². The number of nitrogens with two attached hydrogens (primary N) is 1. The van der Waals surface area contributed by atoms with Crippen LogP contribution in [-0.4, -0.2) is 42.8 Å². The number of alkyl carbamates (subject to hydrolysis) is 1. The Bertz CT molecular complexity index is 352. The van der Waals surface area contributed by atoms with Crippen LogP contribution in [0.5, 0.6) is 0 Å². The van der Waals surface area contributed by atoms with Crippen molar-refractivity contribution in [1.29, 1.82) is 0 Å². The van der Waals surface area contributed by atoms with Crippen LogP contribution in [0.2, 0.25) is 0 Å². The highest BCUT2D eigenvalue weighted by molar-refractivity contribution is 5.72. The average Bonchev–Trinajstić information content (AvgIpc) is 2.26. The molecule has 0 saturated carbocycles. The molecule has 116 valence electrons. The van der Waals surface area contributed by atoms with Crippen molar-refractivity contribution >= 4 is 12.1 Å². The first-order chi connectivity index (χ1) is 9.21. The zero-order valence-corrected chi connectivity index (χ0v) is 12.9. The molecule has 0 radical (unpaired) electrons. The molecule has 1 aliphatic heterocycles. The maximum Gasteiger partial charge on any atom is 0.407 e. The molecule has 3 N–H and O–H groups in total. The van der Waals surface area contributed by atoms with Gasteiger partial charge in [0.05, 0.1) is 12.6 Å². The number of carbonyl (C=O) groups is 2. The molecule has 6 heteroatoms. The number of urea groups is 1. The van der Waals surface area contributed by atoms with Crippen molar-refractivity contribution < 1.29 is 14.3 Å². The van der Waals surface area contributed by atoms with Crippen LogP contribution in [0.4, 0.5) is 9.59 Å². The molecule has 0 spiro atoms. The minimum absolute atomic E-state index is 0.0948. The zero-order valence-electron chi connectivity index (χ0n) is 12.9. The fourth-order valence-electron chi connectivity index (χ4n) is 2.84. The summed E-state index contributed by atoms with van der Waals surface area (Å²) in [6.45, 7) is 9.72. The van der Waals surface area contributed by atoms with E-state index in [1.54, 1.807) is 11.8 Å². The highest BCUT2D eigenvalue weighted by Gasteiger charge is 2.32. The van der Waals surface area contributed by atoms with E-state index in [1.165, 1.54) is 0 Å². The standard InChI is InChI=1S/C14H27N3O3/c1-5-20-13(19)16-11-6-10(7-14(2,3)4)8-17(9-11)12(15)18/h10-11H,5-9H2,1-4H3,(H2,15,18)(H,16,19). The van der Waals surface area contributed by atoms with Crippen LogP contribution in [0, 0.1) is 11.3 Å². The van der Waals surface area contributed by atoms with E-state index in [9.17, 15) is 9.59 Å². The fraction of sp³-hybridized carbons (Fsp3) is 0.857. The number of amides is 3. The summed E-state index contributed by atoms with van der Waals surface area (Å²) in [6.07, 6.45) is 1.40. The van der Waals surface area contributed by atoms with E-state index in [4.69, 9.17) is 10.5 Å². The van der Waals surface area contributed by atoms with E-state index < -0.39 is 12.1 Å². The zero-order chi connectivity index (χ0) is 15.3. The Balaban J connectivity index is 2.65. The van der Waals surface area contributed by atoms with Crippen molar-refractivity contribution in [3.05, 3.63) is 0 Å². The van der Waals surface area contributed by atoms with Crippen molar-refractivity contribution in [3.8, 4) is 0 Å². The topological polar surface area (TPSA) is 84.7 Å². The van der Waals surface area contributed by atoms with Crippen molar-refractivity contribution in [1.82, 2.24) is 10.2 Å².